The van der Waals surface area contributed by atoms with E-state index < -0.39 is 16.5 Å². The van der Waals surface area contributed by atoms with Crippen molar-refractivity contribution in [1.29, 1.82) is 0 Å². The van der Waals surface area contributed by atoms with Crippen LogP contribution in [0.5, 0.6) is 0 Å². The van der Waals surface area contributed by atoms with Gasteiger partial charge in [0, 0.05) is 12.4 Å². The van der Waals surface area contributed by atoms with Gasteiger partial charge in [-0.3, -0.25) is 4.98 Å². The topological polar surface area (TPSA) is 12.9 Å². The molecule has 0 bridgehead atoms. The summed E-state index contributed by atoms with van der Waals surface area (Å²) in [5.41, 5.74) is 1.26. The van der Waals surface area contributed by atoms with E-state index in [0.29, 0.717) is 0 Å². The molecule has 0 aliphatic heterocycles. The Balaban J connectivity index is 0. The molecule has 1 aromatic rings. The normalized spacial score (nSPS) is 8.64. The van der Waals surface area contributed by atoms with E-state index in [1.54, 1.807) is 12.4 Å². The van der Waals surface area contributed by atoms with Crippen LogP contribution in [0.4, 0.5) is 0 Å². The zero-order valence-electron chi connectivity index (χ0n) is 8.48. The van der Waals surface area contributed by atoms with Crippen LogP contribution >= 0.6 is 18.8 Å². The van der Waals surface area contributed by atoms with E-state index in [4.69, 9.17) is 18.8 Å². The van der Waals surface area contributed by atoms with Crippen molar-refractivity contribution in [3.8, 4) is 0 Å². The SMILES string of the molecule is CC=CC.Cc1ccncc1.[Cl][Pt][Cl]. The summed E-state index contributed by atoms with van der Waals surface area (Å²) in [6.45, 7) is 6.04. The average Bonchev–Trinajstić information content (AvgIpc) is 2.21. The molecule has 0 aromatic carbocycles. The Morgan fingerprint density at radius 3 is 1.64 bits per heavy atom. The van der Waals surface area contributed by atoms with Crippen LogP contribution in [-0.4, -0.2) is 4.98 Å². The summed E-state index contributed by atoms with van der Waals surface area (Å²) in [5, 5.41) is 0. The Bertz CT molecular complexity index is 211. The van der Waals surface area contributed by atoms with E-state index in [1.165, 1.54) is 5.56 Å². The predicted molar refractivity (Wildman–Crippen MR) is 61.2 cm³/mol. The Hall–Kier alpha value is 0.158. The molecule has 0 atom stereocenters. The molecule has 0 radical (unpaired) electrons. The quantitative estimate of drug-likeness (QED) is 0.575. The molecule has 84 valence electrons. The molecule has 1 aromatic heterocycles. The Morgan fingerprint density at radius 2 is 1.50 bits per heavy atom. The van der Waals surface area contributed by atoms with Gasteiger partial charge in [-0.25, -0.2) is 0 Å². The minimum atomic E-state index is -0.472. The summed E-state index contributed by atoms with van der Waals surface area (Å²) < 4.78 is 0. The van der Waals surface area contributed by atoms with Crippen LogP contribution in [0, 0.1) is 6.92 Å². The summed E-state index contributed by atoms with van der Waals surface area (Å²) >= 11 is -0.472. The van der Waals surface area contributed by atoms with E-state index in [1.807, 2.05) is 45.1 Å². The second kappa shape index (κ2) is 15.6. The van der Waals surface area contributed by atoms with Gasteiger partial charge in [0.1, 0.15) is 0 Å². The first-order chi connectivity index (χ1) is 6.72. The van der Waals surface area contributed by atoms with Gasteiger partial charge >= 0.3 is 35.3 Å². The fraction of sp³-hybridized carbons (Fsp3) is 0.300. The number of halogens is 2. The van der Waals surface area contributed by atoms with Crippen LogP contribution in [0.3, 0.4) is 0 Å². The summed E-state index contributed by atoms with van der Waals surface area (Å²) in [6.07, 6.45) is 7.57. The van der Waals surface area contributed by atoms with Crippen LogP contribution in [-0.2, 0) is 16.5 Å². The van der Waals surface area contributed by atoms with E-state index in [9.17, 15) is 0 Å². The first-order valence-corrected chi connectivity index (χ1v) is 9.62. The van der Waals surface area contributed by atoms with Crippen LogP contribution in [0.1, 0.15) is 19.4 Å². The maximum absolute atomic E-state index is 4.88. The van der Waals surface area contributed by atoms with Crippen LogP contribution in [0.25, 0.3) is 0 Å². The molecule has 0 unspecified atom stereocenters. The molecule has 1 nitrogen and oxygen atoms in total. The van der Waals surface area contributed by atoms with Gasteiger partial charge in [0.2, 0.25) is 0 Å². The van der Waals surface area contributed by atoms with Crippen molar-refractivity contribution in [3.05, 3.63) is 42.2 Å². The van der Waals surface area contributed by atoms with Crippen molar-refractivity contribution in [3.63, 3.8) is 0 Å². The molecule has 14 heavy (non-hydrogen) atoms. The number of hydrogen-bond donors (Lipinski definition) is 0. The first kappa shape index (κ1) is 16.6. The second-order valence-corrected chi connectivity index (χ2v) is 5.52. The summed E-state index contributed by atoms with van der Waals surface area (Å²) in [6, 6.07) is 3.94. The molecular formula is C10H15Cl2NPt. The third-order valence-corrected chi connectivity index (χ3v) is 1.18. The molecular weight excluding hydrogens is 400 g/mol. The Kier molecular flexibility index (Phi) is 18.5. The van der Waals surface area contributed by atoms with Crippen molar-refractivity contribution in [1.82, 2.24) is 4.98 Å². The number of aromatic nitrogens is 1. The van der Waals surface area contributed by atoms with Crippen LogP contribution < -0.4 is 0 Å². The van der Waals surface area contributed by atoms with Gasteiger partial charge in [0.05, 0.1) is 0 Å². The zero-order valence-corrected chi connectivity index (χ0v) is 12.3. The van der Waals surface area contributed by atoms with Gasteiger partial charge in [0.15, 0.2) is 0 Å². The number of nitrogens with zero attached hydrogens (tertiary/aromatic N) is 1. The third-order valence-electron chi connectivity index (χ3n) is 1.18. The van der Waals surface area contributed by atoms with Gasteiger partial charge in [0.25, 0.3) is 0 Å². The van der Waals surface area contributed by atoms with Crippen LogP contribution in [0.2, 0.25) is 0 Å². The number of allylic oxidation sites excluding steroid dienone is 2. The van der Waals surface area contributed by atoms with Crippen molar-refractivity contribution < 1.29 is 16.5 Å². The number of pyridine rings is 1. The van der Waals surface area contributed by atoms with E-state index in [-0.39, 0.29) is 0 Å². The monoisotopic (exact) mass is 414 g/mol. The van der Waals surface area contributed by atoms with Gasteiger partial charge < -0.3 is 0 Å². The van der Waals surface area contributed by atoms with Crippen molar-refractivity contribution in [2.45, 2.75) is 20.8 Å². The number of aryl methyl sites for hydroxylation is 1. The molecule has 0 aliphatic rings. The minimum absolute atomic E-state index is 0.472. The molecule has 0 aliphatic carbocycles. The molecule has 1 rings (SSSR count). The van der Waals surface area contributed by atoms with E-state index >= 15 is 0 Å². The van der Waals surface area contributed by atoms with Gasteiger partial charge in [-0.1, -0.05) is 12.2 Å². The average molecular weight is 415 g/mol. The molecule has 4 heteroatoms. The summed E-state index contributed by atoms with van der Waals surface area (Å²) in [4.78, 5) is 3.85. The van der Waals surface area contributed by atoms with E-state index in [2.05, 4.69) is 4.98 Å². The fourth-order valence-corrected chi connectivity index (χ4v) is 0.426. The second-order valence-electron chi connectivity index (χ2n) is 2.24. The first-order valence-electron chi connectivity index (χ1n) is 3.99. The fourth-order valence-electron chi connectivity index (χ4n) is 0.426. The molecule has 0 N–H and O–H groups in total. The molecule has 0 spiro atoms. The molecule has 0 saturated carbocycles. The molecule has 0 fully saturated rings. The molecule has 0 saturated heterocycles. The van der Waals surface area contributed by atoms with Crippen molar-refractivity contribution in [2.75, 3.05) is 0 Å². The maximum atomic E-state index is 4.88. The summed E-state index contributed by atoms with van der Waals surface area (Å²) in [5.74, 6) is 0. The van der Waals surface area contributed by atoms with Gasteiger partial charge in [-0.2, -0.15) is 0 Å². The van der Waals surface area contributed by atoms with Crippen molar-refractivity contribution in [2.24, 2.45) is 0 Å². The zero-order chi connectivity index (χ0) is 11.2. The molecule has 0 amide bonds. The van der Waals surface area contributed by atoms with Crippen molar-refractivity contribution >= 4 is 18.8 Å². The molecule has 1 heterocycles. The Morgan fingerprint density at radius 1 is 1.14 bits per heavy atom. The number of hydrogen-bond acceptors (Lipinski definition) is 1. The van der Waals surface area contributed by atoms with Gasteiger partial charge in [-0.05, 0) is 38.5 Å². The summed E-state index contributed by atoms with van der Waals surface area (Å²) in [7, 11) is 9.75. The third kappa shape index (κ3) is 18.0. The van der Waals surface area contributed by atoms with E-state index in [0.717, 1.165) is 0 Å². The van der Waals surface area contributed by atoms with Crippen LogP contribution in [0.15, 0.2) is 36.7 Å². The van der Waals surface area contributed by atoms with Gasteiger partial charge in [-0.15, -0.1) is 0 Å². The number of rotatable bonds is 0. The standard InChI is InChI=1S/C6H7N.C4H8.2ClH.Pt/c1-6-2-4-7-5-3-6;1-3-4-2;;;/h2-5H,1H3;3-4H,1-2H3;2*1H;/q;;;;+2/p-2. The predicted octanol–water partition coefficient (Wildman–Crippen LogP) is 4.35. The Labute approximate surface area is 103 Å².